The number of halogens is 1. The Kier molecular flexibility index (Phi) is 5.38. The van der Waals surface area contributed by atoms with Crippen LogP contribution in [0.5, 0.6) is 0 Å². The maximum absolute atomic E-state index is 12.9. The number of thioether (sulfide) groups is 1. The number of nitrogens with one attached hydrogen (secondary N) is 2. The zero-order chi connectivity index (χ0) is 18.5. The number of benzene rings is 2. The first-order chi connectivity index (χ1) is 12.6. The summed E-state index contributed by atoms with van der Waals surface area (Å²) < 4.78 is 18.4. The Morgan fingerprint density at radius 1 is 0.885 bits per heavy atom. The highest BCUT2D eigenvalue weighted by molar-refractivity contribution is 7.98. The van der Waals surface area contributed by atoms with Crippen LogP contribution in [0.3, 0.4) is 0 Å². The van der Waals surface area contributed by atoms with Crippen LogP contribution in [-0.2, 0) is 0 Å². The molecule has 0 spiro atoms. The Morgan fingerprint density at radius 3 is 2.19 bits per heavy atom. The molecule has 2 aromatic carbocycles. The minimum Gasteiger partial charge on any atom is -0.451 e. The van der Waals surface area contributed by atoms with Crippen LogP contribution in [0.25, 0.3) is 11.3 Å². The number of hydrazine groups is 1. The zero-order valence-corrected chi connectivity index (χ0v) is 14.6. The Labute approximate surface area is 153 Å². The van der Waals surface area contributed by atoms with E-state index in [2.05, 4.69) is 10.9 Å². The molecule has 0 aliphatic heterocycles. The highest BCUT2D eigenvalue weighted by atomic mass is 32.2. The number of hydrogen-bond acceptors (Lipinski definition) is 4. The summed E-state index contributed by atoms with van der Waals surface area (Å²) in [4.78, 5) is 25.1. The lowest BCUT2D eigenvalue weighted by Crippen LogP contribution is -2.41. The summed E-state index contributed by atoms with van der Waals surface area (Å²) >= 11 is 1.64. The predicted octanol–water partition coefficient (Wildman–Crippen LogP) is 3.88. The van der Waals surface area contributed by atoms with Crippen molar-refractivity contribution < 1.29 is 18.4 Å². The van der Waals surface area contributed by atoms with Gasteiger partial charge < -0.3 is 4.42 Å². The fourth-order valence-corrected chi connectivity index (χ4v) is 2.63. The van der Waals surface area contributed by atoms with Gasteiger partial charge in [-0.25, -0.2) is 4.39 Å². The van der Waals surface area contributed by atoms with E-state index in [-0.39, 0.29) is 11.3 Å². The number of amides is 2. The van der Waals surface area contributed by atoms with E-state index in [0.717, 1.165) is 22.6 Å². The maximum Gasteiger partial charge on any atom is 0.305 e. The SMILES string of the molecule is CSc1ccc(-c2ccc(C(=O)NNC(=O)c3ccc(F)cc3)o2)cc1. The number of rotatable bonds is 4. The highest BCUT2D eigenvalue weighted by Gasteiger charge is 2.14. The van der Waals surface area contributed by atoms with Gasteiger partial charge in [0.2, 0.25) is 0 Å². The van der Waals surface area contributed by atoms with E-state index < -0.39 is 17.6 Å². The first kappa shape index (κ1) is 17.8. The highest BCUT2D eigenvalue weighted by Crippen LogP contribution is 2.24. The number of hydrogen-bond donors (Lipinski definition) is 2. The lowest BCUT2D eigenvalue weighted by Gasteiger charge is -2.06. The fraction of sp³-hybridized carbons (Fsp3) is 0.0526. The molecule has 0 aliphatic carbocycles. The molecule has 3 aromatic rings. The standard InChI is InChI=1S/C19H15FN2O3S/c1-26-15-8-4-12(5-9-15)16-10-11-17(25-16)19(24)22-21-18(23)13-2-6-14(20)7-3-13/h2-11H,1H3,(H,21,23)(H,22,24). The molecule has 0 atom stereocenters. The van der Waals surface area contributed by atoms with Crippen LogP contribution in [0.2, 0.25) is 0 Å². The molecular formula is C19H15FN2O3S. The third-order valence-corrected chi connectivity index (χ3v) is 4.34. The summed E-state index contributed by atoms with van der Waals surface area (Å²) in [7, 11) is 0. The molecule has 2 N–H and O–H groups in total. The molecule has 1 heterocycles. The lowest BCUT2D eigenvalue weighted by molar-refractivity contribution is 0.0831. The second-order valence-electron chi connectivity index (χ2n) is 5.31. The summed E-state index contributed by atoms with van der Waals surface area (Å²) in [5.74, 6) is -0.981. The minimum absolute atomic E-state index is 0.0633. The minimum atomic E-state index is -0.590. The molecule has 7 heteroatoms. The van der Waals surface area contributed by atoms with Crippen molar-refractivity contribution in [2.24, 2.45) is 0 Å². The van der Waals surface area contributed by atoms with Gasteiger partial charge in [0.1, 0.15) is 11.6 Å². The van der Waals surface area contributed by atoms with Gasteiger partial charge >= 0.3 is 5.91 Å². The van der Waals surface area contributed by atoms with Crippen molar-refractivity contribution in [2.75, 3.05) is 6.26 Å². The van der Waals surface area contributed by atoms with Gasteiger partial charge in [0, 0.05) is 16.0 Å². The van der Waals surface area contributed by atoms with E-state index in [1.54, 1.807) is 17.8 Å². The predicted molar refractivity (Wildman–Crippen MR) is 97.3 cm³/mol. The molecule has 26 heavy (non-hydrogen) atoms. The van der Waals surface area contributed by atoms with Crippen LogP contribution >= 0.6 is 11.8 Å². The normalized spacial score (nSPS) is 10.4. The number of carbonyl (C=O) groups excluding carboxylic acids is 2. The third-order valence-electron chi connectivity index (χ3n) is 3.60. The molecule has 3 rings (SSSR count). The molecule has 0 fully saturated rings. The van der Waals surface area contributed by atoms with Gasteiger partial charge in [0.25, 0.3) is 5.91 Å². The van der Waals surface area contributed by atoms with Crippen LogP contribution in [0, 0.1) is 5.82 Å². The number of carbonyl (C=O) groups is 2. The quantitative estimate of drug-likeness (QED) is 0.540. The molecule has 5 nitrogen and oxygen atoms in total. The molecule has 0 radical (unpaired) electrons. The zero-order valence-electron chi connectivity index (χ0n) is 13.8. The fourth-order valence-electron chi connectivity index (χ4n) is 2.22. The Morgan fingerprint density at radius 2 is 1.54 bits per heavy atom. The third kappa shape index (κ3) is 4.12. The molecule has 132 valence electrons. The van der Waals surface area contributed by atoms with E-state index in [0.29, 0.717) is 5.76 Å². The molecule has 0 saturated heterocycles. The van der Waals surface area contributed by atoms with Crippen molar-refractivity contribution in [1.29, 1.82) is 0 Å². The van der Waals surface area contributed by atoms with E-state index >= 15 is 0 Å². The van der Waals surface area contributed by atoms with Crippen molar-refractivity contribution in [3.63, 3.8) is 0 Å². The van der Waals surface area contributed by atoms with Gasteiger partial charge in [-0.1, -0.05) is 12.1 Å². The molecule has 0 aliphatic rings. The topological polar surface area (TPSA) is 71.3 Å². The maximum atomic E-state index is 12.9. The van der Waals surface area contributed by atoms with Crippen molar-refractivity contribution >= 4 is 23.6 Å². The van der Waals surface area contributed by atoms with Crippen molar-refractivity contribution in [3.8, 4) is 11.3 Å². The van der Waals surface area contributed by atoms with Crippen molar-refractivity contribution in [2.45, 2.75) is 4.90 Å². The van der Waals surface area contributed by atoms with Gasteiger partial charge in [-0.3, -0.25) is 20.4 Å². The largest absolute Gasteiger partial charge is 0.451 e. The van der Waals surface area contributed by atoms with Crippen molar-refractivity contribution in [1.82, 2.24) is 10.9 Å². The van der Waals surface area contributed by atoms with Crippen LogP contribution in [-0.4, -0.2) is 18.1 Å². The van der Waals surface area contributed by atoms with Gasteiger partial charge in [-0.2, -0.15) is 0 Å². The van der Waals surface area contributed by atoms with Crippen LogP contribution in [0.15, 0.2) is 70.0 Å². The summed E-state index contributed by atoms with van der Waals surface area (Å²) in [5, 5.41) is 0. The smallest absolute Gasteiger partial charge is 0.305 e. The van der Waals surface area contributed by atoms with Crippen LogP contribution < -0.4 is 10.9 Å². The molecular weight excluding hydrogens is 355 g/mol. The summed E-state index contributed by atoms with van der Waals surface area (Å²) in [6.45, 7) is 0. The van der Waals surface area contributed by atoms with Crippen LogP contribution in [0.4, 0.5) is 4.39 Å². The summed E-state index contributed by atoms with van der Waals surface area (Å²) in [6.07, 6.45) is 1.99. The molecule has 0 bridgehead atoms. The van der Waals surface area contributed by atoms with Gasteiger partial charge in [-0.05, 0) is 54.8 Å². The Hall–Kier alpha value is -3.06. The van der Waals surface area contributed by atoms with Gasteiger partial charge in [0.15, 0.2) is 5.76 Å². The average molecular weight is 370 g/mol. The van der Waals surface area contributed by atoms with Gasteiger partial charge in [-0.15, -0.1) is 11.8 Å². The molecule has 2 amide bonds. The van der Waals surface area contributed by atoms with Gasteiger partial charge in [0.05, 0.1) is 0 Å². The molecule has 1 aromatic heterocycles. The second kappa shape index (κ2) is 7.88. The average Bonchev–Trinajstić information content (AvgIpc) is 3.17. The first-order valence-electron chi connectivity index (χ1n) is 7.67. The van der Waals surface area contributed by atoms with E-state index in [1.165, 1.54) is 18.2 Å². The Bertz CT molecular complexity index is 921. The van der Waals surface area contributed by atoms with Crippen molar-refractivity contribution in [3.05, 3.63) is 77.8 Å². The van der Waals surface area contributed by atoms with Crippen LogP contribution in [0.1, 0.15) is 20.9 Å². The first-order valence-corrected chi connectivity index (χ1v) is 8.90. The second-order valence-corrected chi connectivity index (χ2v) is 6.19. The lowest BCUT2D eigenvalue weighted by atomic mass is 10.2. The molecule has 0 saturated carbocycles. The monoisotopic (exact) mass is 370 g/mol. The number of furan rings is 1. The van der Waals surface area contributed by atoms with E-state index in [4.69, 9.17) is 4.42 Å². The van der Waals surface area contributed by atoms with E-state index in [1.807, 2.05) is 30.5 Å². The van der Waals surface area contributed by atoms with E-state index in [9.17, 15) is 14.0 Å². The molecule has 0 unspecified atom stereocenters. The summed E-state index contributed by atoms with van der Waals surface area (Å²) in [6, 6.07) is 15.9. The Balaban J connectivity index is 1.62. The summed E-state index contributed by atoms with van der Waals surface area (Å²) in [5.41, 5.74) is 5.59.